The maximum Gasteiger partial charge on any atom is 0.237 e. The number of carbonyl (C=O) groups excluding carboxylic acids is 1. The summed E-state index contributed by atoms with van der Waals surface area (Å²) in [6.07, 6.45) is 0.125. The predicted octanol–water partition coefficient (Wildman–Crippen LogP) is 0.257. The Morgan fingerprint density at radius 1 is 1.42 bits per heavy atom. The topological polar surface area (TPSA) is 64.6 Å². The maximum absolute atomic E-state index is 11.8. The Kier molecular flexibility index (Phi) is 10.0. The Bertz CT molecular complexity index is 276. The zero-order valence-electron chi connectivity index (χ0n) is 12.1. The molecule has 0 radical (unpaired) electrons. The lowest BCUT2D eigenvalue weighted by Crippen LogP contribution is -2.46. The van der Waals surface area contributed by atoms with E-state index in [2.05, 4.69) is 29.4 Å². The fourth-order valence-corrected chi connectivity index (χ4v) is 2.28. The van der Waals surface area contributed by atoms with E-state index in [4.69, 9.17) is 0 Å². The average molecular weight is 316 g/mol. The van der Waals surface area contributed by atoms with Gasteiger partial charge < -0.3 is 20.6 Å². The van der Waals surface area contributed by atoms with Crippen LogP contribution in [-0.2, 0) is 4.79 Å². The summed E-state index contributed by atoms with van der Waals surface area (Å²) < 4.78 is 0. The molecule has 0 aromatic carbocycles. The molecule has 0 bridgehead atoms. The Labute approximate surface area is 128 Å². The normalized spacial score (nSPS) is 22.6. The zero-order chi connectivity index (χ0) is 13.1. The van der Waals surface area contributed by atoms with E-state index in [1.54, 1.807) is 0 Å². The summed E-state index contributed by atoms with van der Waals surface area (Å²) in [6.45, 7) is 6.35. The standard InChI is InChI=1S/C12H25N3O2.2ClH/c1-12(2,8-15(3)4)7-14-11(17)10-5-9(16)6-13-10;;/h9-10,13,16H,5-8H2,1-4H3,(H,14,17);2*1H. The number of hydrogen-bond donors (Lipinski definition) is 3. The molecule has 0 aromatic heterocycles. The van der Waals surface area contributed by atoms with Gasteiger partial charge in [0.1, 0.15) is 0 Å². The van der Waals surface area contributed by atoms with Gasteiger partial charge in [-0.1, -0.05) is 13.8 Å². The van der Waals surface area contributed by atoms with Crippen LogP contribution in [0.25, 0.3) is 0 Å². The Morgan fingerprint density at radius 2 is 2.00 bits per heavy atom. The van der Waals surface area contributed by atoms with Crippen molar-refractivity contribution in [3.8, 4) is 0 Å². The van der Waals surface area contributed by atoms with Crippen LogP contribution in [0.1, 0.15) is 20.3 Å². The molecule has 116 valence electrons. The molecule has 1 rings (SSSR count). The van der Waals surface area contributed by atoms with Crippen LogP contribution in [0.15, 0.2) is 0 Å². The van der Waals surface area contributed by atoms with Gasteiger partial charge in [-0.25, -0.2) is 0 Å². The fourth-order valence-electron chi connectivity index (χ4n) is 2.28. The van der Waals surface area contributed by atoms with Crippen LogP contribution in [0.5, 0.6) is 0 Å². The van der Waals surface area contributed by atoms with Crippen molar-refractivity contribution in [3.63, 3.8) is 0 Å². The highest BCUT2D eigenvalue weighted by molar-refractivity contribution is 5.85. The van der Waals surface area contributed by atoms with Crippen LogP contribution in [-0.4, -0.2) is 61.8 Å². The highest BCUT2D eigenvalue weighted by Crippen LogP contribution is 2.14. The van der Waals surface area contributed by atoms with Crippen LogP contribution in [0.2, 0.25) is 0 Å². The quantitative estimate of drug-likeness (QED) is 0.681. The van der Waals surface area contributed by atoms with Crippen LogP contribution in [0, 0.1) is 5.41 Å². The first-order valence-corrected chi connectivity index (χ1v) is 6.14. The van der Waals surface area contributed by atoms with Crippen LogP contribution in [0.3, 0.4) is 0 Å². The number of rotatable bonds is 5. The van der Waals surface area contributed by atoms with Gasteiger partial charge in [0, 0.05) is 19.6 Å². The van der Waals surface area contributed by atoms with Crippen molar-refractivity contribution in [3.05, 3.63) is 0 Å². The predicted molar refractivity (Wildman–Crippen MR) is 82.3 cm³/mol. The Balaban J connectivity index is 0. The zero-order valence-corrected chi connectivity index (χ0v) is 13.7. The molecule has 3 N–H and O–H groups in total. The summed E-state index contributed by atoms with van der Waals surface area (Å²) in [7, 11) is 4.05. The largest absolute Gasteiger partial charge is 0.392 e. The van der Waals surface area contributed by atoms with E-state index >= 15 is 0 Å². The summed E-state index contributed by atoms with van der Waals surface area (Å²) in [5, 5.41) is 15.3. The van der Waals surface area contributed by atoms with Gasteiger partial charge in [0.25, 0.3) is 0 Å². The first kappa shape index (κ1) is 21.2. The fraction of sp³-hybridized carbons (Fsp3) is 0.917. The SMILES string of the molecule is CN(C)CC(C)(C)CNC(=O)C1CC(O)CN1.Cl.Cl. The van der Waals surface area contributed by atoms with Crippen molar-refractivity contribution in [2.75, 3.05) is 33.7 Å². The van der Waals surface area contributed by atoms with E-state index in [0.29, 0.717) is 19.5 Å². The Hall–Kier alpha value is -0.0700. The highest BCUT2D eigenvalue weighted by atomic mass is 35.5. The first-order chi connectivity index (χ1) is 7.80. The second-order valence-corrected chi connectivity index (χ2v) is 5.97. The first-order valence-electron chi connectivity index (χ1n) is 6.14. The van der Waals surface area contributed by atoms with Gasteiger partial charge in [-0.3, -0.25) is 4.79 Å². The molecule has 1 saturated heterocycles. The lowest BCUT2D eigenvalue weighted by Gasteiger charge is -2.29. The smallest absolute Gasteiger partial charge is 0.237 e. The van der Waals surface area contributed by atoms with Gasteiger partial charge in [0.15, 0.2) is 0 Å². The number of nitrogens with one attached hydrogen (secondary N) is 2. The van der Waals surface area contributed by atoms with Crippen molar-refractivity contribution >= 4 is 30.7 Å². The van der Waals surface area contributed by atoms with Gasteiger partial charge in [-0.2, -0.15) is 0 Å². The molecule has 0 aromatic rings. The van der Waals surface area contributed by atoms with Crippen molar-refractivity contribution in [2.45, 2.75) is 32.4 Å². The molecule has 19 heavy (non-hydrogen) atoms. The highest BCUT2D eigenvalue weighted by Gasteiger charge is 2.29. The van der Waals surface area contributed by atoms with Crippen molar-refractivity contribution < 1.29 is 9.90 Å². The number of aliphatic hydroxyl groups is 1. The molecule has 0 spiro atoms. The van der Waals surface area contributed by atoms with Gasteiger partial charge in [0.05, 0.1) is 12.1 Å². The number of halogens is 2. The van der Waals surface area contributed by atoms with Crippen LogP contribution >= 0.6 is 24.8 Å². The van der Waals surface area contributed by atoms with Crippen molar-refractivity contribution in [2.24, 2.45) is 5.41 Å². The van der Waals surface area contributed by atoms with E-state index in [0.717, 1.165) is 6.54 Å². The van der Waals surface area contributed by atoms with Gasteiger partial charge in [-0.05, 0) is 25.9 Å². The molecule has 5 nitrogen and oxygen atoms in total. The molecule has 1 fully saturated rings. The number of hydrogen-bond acceptors (Lipinski definition) is 4. The van der Waals surface area contributed by atoms with Crippen LogP contribution in [0.4, 0.5) is 0 Å². The molecule has 7 heteroatoms. The molecular weight excluding hydrogens is 289 g/mol. The maximum atomic E-state index is 11.8. The van der Waals surface area contributed by atoms with Crippen LogP contribution < -0.4 is 10.6 Å². The van der Waals surface area contributed by atoms with E-state index in [-0.39, 0.29) is 48.3 Å². The molecule has 1 amide bonds. The van der Waals surface area contributed by atoms with E-state index in [1.165, 1.54) is 0 Å². The number of amides is 1. The number of carbonyl (C=O) groups is 1. The average Bonchev–Trinajstić information content (AvgIpc) is 2.59. The van der Waals surface area contributed by atoms with Crippen molar-refractivity contribution in [1.82, 2.24) is 15.5 Å². The number of β-amino-alcohol motifs (C(OH)–C–C–N with tert-alkyl or cyclic N) is 1. The summed E-state index contributed by atoms with van der Waals surface area (Å²) in [4.78, 5) is 13.9. The third-order valence-electron chi connectivity index (χ3n) is 2.91. The lowest BCUT2D eigenvalue weighted by atomic mass is 9.93. The monoisotopic (exact) mass is 315 g/mol. The Morgan fingerprint density at radius 3 is 2.42 bits per heavy atom. The molecule has 2 atom stereocenters. The van der Waals surface area contributed by atoms with E-state index in [9.17, 15) is 9.90 Å². The summed E-state index contributed by atoms with van der Waals surface area (Å²) >= 11 is 0. The lowest BCUT2D eigenvalue weighted by molar-refractivity contribution is -0.123. The van der Waals surface area contributed by atoms with Gasteiger partial charge in [-0.15, -0.1) is 24.8 Å². The van der Waals surface area contributed by atoms with E-state index in [1.807, 2.05) is 14.1 Å². The summed E-state index contributed by atoms with van der Waals surface area (Å²) in [5.41, 5.74) is 0.0520. The second kappa shape index (κ2) is 8.97. The van der Waals surface area contributed by atoms with Crippen molar-refractivity contribution in [1.29, 1.82) is 0 Å². The van der Waals surface area contributed by atoms with E-state index < -0.39 is 0 Å². The summed E-state index contributed by atoms with van der Waals surface area (Å²) in [6, 6.07) is -0.236. The minimum absolute atomic E-state index is 0. The van der Waals surface area contributed by atoms with Gasteiger partial charge in [0.2, 0.25) is 5.91 Å². The second-order valence-electron chi connectivity index (χ2n) is 5.97. The summed E-state index contributed by atoms with van der Waals surface area (Å²) in [5.74, 6) is -0.00613. The number of aliphatic hydroxyl groups excluding tert-OH is 1. The third kappa shape index (κ3) is 7.95. The minimum Gasteiger partial charge on any atom is -0.392 e. The molecule has 2 unspecified atom stereocenters. The minimum atomic E-state index is -0.388. The molecular formula is C12H27Cl2N3O2. The number of nitrogens with zero attached hydrogens (tertiary/aromatic N) is 1. The third-order valence-corrected chi connectivity index (χ3v) is 2.91. The molecule has 0 saturated carbocycles. The molecule has 1 aliphatic heterocycles. The molecule has 0 aliphatic carbocycles. The molecule has 1 heterocycles. The van der Waals surface area contributed by atoms with Gasteiger partial charge >= 0.3 is 0 Å². The molecule has 1 aliphatic rings.